The molecular weight excluding hydrogens is 184 g/mol. The number of hydrazone groups is 1. The molecule has 2 heterocycles. The molecule has 0 aromatic rings. The Morgan fingerprint density at radius 3 is 2.77 bits per heavy atom. The SMILES string of the molecule is CC(C)(C)N1C=C2C=NC=NN2S1. The van der Waals surface area contributed by atoms with Crippen molar-refractivity contribution in [2.75, 3.05) is 0 Å². The van der Waals surface area contributed by atoms with Crippen molar-refractivity contribution >= 4 is 24.7 Å². The van der Waals surface area contributed by atoms with Crippen molar-refractivity contribution in [2.24, 2.45) is 10.1 Å². The lowest BCUT2D eigenvalue weighted by Gasteiger charge is -2.29. The van der Waals surface area contributed by atoms with Gasteiger partial charge in [0.1, 0.15) is 12.0 Å². The molecule has 0 spiro atoms. The second-order valence-corrected chi connectivity index (χ2v) is 4.82. The van der Waals surface area contributed by atoms with Gasteiger partial charge in [-0.15, -0.1) is 5.10 Å². The van der Waals surface area contributed by atoms with Crippen molar-refractivity contribution in [1.82, 2.24) is 8.72 Å². The number of fused-ring (bicyclic) bond motifs is 1. The fourth-order valence-electron chi connectivity index (χ4n) is 0.997. The number of hydrogen-bond donors (Lipinski definition) is 0. The number of nitrogens with zero attached hydrogens (tertiary/aromatic N) is 4. The molecule has 0 atom stereocenters. The summed E-state index contributed by atoms with van der Waals surface area (Å²) in [5.74, 6) is 0. The first kappa shape index (κ1) is 8.62. The van der Waals surface area contributed by atoms with Gasteiger partial charge in [-0.25, -0.2) is 4.99 Å². The third-order valence-corrected chi connectivity index (χ3v) is 3.02. The highest BCUT2D eigenvalue weighted by Gasteiger charge is 2.29. The Bertz CT molecular complexity index is 300. The van der Waals surface area contributed by atoms with Gasteiger partial charge < -0.3 is 0 Å². The van der Waals surface area contributed by atoms with Crippen molar-refractivity contribution in [3.05, 3.63) is 11.9 Å². The molecule has 5 heteroatoms. The van der Waals surface area contributed by atoms with E-state index >= 15 is 0 Å². The van der Waals surface area contributed by atoms with E-state index in [0.29, 0.717) is 0 Å². The maximum atomic E-state index is 4.12. The van der Waals surface area contributed by atoms with Gasteiger partial charge in [0.25, 0.3) is 0 Å². The molecule has 0 fully saturated rings. The minimum Gasteiger partial charge on any atom is -0.297 e. The summed E-state index contributed by atoms with van der Waals surface area (Å²) in [6.07, 6.45) is 5.42. The molecule has 0 aliphatic carbocycles. The zero-order chi connectivity index (χ0) is 9.47. The Labute approximate surface area is 82.3 Å². The minimum absolute atomic E-state index is 0.109. The Kier molecular flexibility index (Phi) is 1.83. The number of hydrogen-bond acceptors (Lipinski definition) is 5. The summed E-state index contributed by atoms with van der Waals surface area (Å²) < 4.78 is 4.02. The average molecular weight is 196 g/mol. The van der Waals surface area contributed by atoms with Gasteiger partial charge >= 0.3 is 0 Å². The second kappa shape index (κ2) is 2.77. The monoisotopic (exact) mass is 196 g/mol. The molecular formula is C8H12N4S. The van der Waals surface area contributed by atoms with Crippen LogP contribution < -0.4 is 0 Å². The van der Waals surface area contributed by atoms with E-state index < -0.39 is 0 Å². The quantitative estimate of drug-likeness (QED) is 0.554. The van der Waals surface area contributed by atoms with Crippen molar-refractivity contribution < 1.29 is 0 Å². The summed E-state index contributed by atoms with van der Waals surface area (Å²) in [6, 6.07) is 0. The van der Waals surface area contributed by atoms with Crippen molar-refractivity contribution in [1.29, 1.82) is 0 Å². The molecule has 0 saturated heterocycles. The Morgan fingerprint density at radius 2 is 2.15 bits per heavy atom. The van der Waals surface area contributed by atoms with Crippen LogP contribution in [0.4, 0.5) is 0 Å². The lowest BCUT2D eigenvalue weighted by Crippen LogP contribution is -2.30. The molecule has 2 aliphatic rings. The molecule has 0 N–H and O–H groups in total. The van der Waals surface area contributed by atoms with Gasteiger partial charge in [0.2, 0.25) is 0 Å². The van der Waals surface area contributed by atoms with Crippen molar-refractivity contribution in [2.45, 2.75) is 26.3 Å². The average Bonchev–Trinajstić information content (AvgIpc) is 2.45. The zero-order valence-corrected chi connectivity index (χ0v) is 8.75. The number of allylic oxidation sites excluding steroid dienone is 1. The van der Waals surface area contributed by atoms with Crippen LogP contribution in [0.1, 0.15) is 20.8 Å². The first-order valence-electron chi connectivity index (χ1n) is 4.12. The van der Waals surface area contributed by atoms with Gasteiger partial charge in [0.05, 0.1) is 18.3 Å². The van der Waals surface area contributed by atoms with E-state index in [1.807, 2.05) is 10.6 Å². The van der Waals surface area contributed by atoms with E-state index in [4.69, 9.17) is 0 Å². The van der Waals surface area contributed by atoms with Gasteiger partial charge in [0.15, 0.2) is 0 Å². The first-order chi connectivity index (χ1) is 6.07. The Hall–Kier alpha value is -0.970. The Balaban J connectivity index is 2.21. The van der Waals surface area contributed by atoms with Crippen LogP contribution in [0.5, 0.6) is 0 Å². The third kappa shape index (κ3) is 1.56. The predicted molar refractivity (Wildman–Crippen MR) is 56.1 cm³/mol. The molecule has 0 unspecified atom stereocenters. The molecule has 70 valence electrons. The normalized spacial score (nSPS) is 20.7. The van der Waals surface area contributed by atoms with E-state index in [-0.39, 0.29) is 5.54 Å². The van der Waals surface area contributed by atoms with Crippen LogP contribution in [0, 0.1) is 0 Å². The zero-order valence-electron chi connectivity index (χ0n) is 7.93. The molecule has 0 aromatic heterocycles. The van der Waals surface area contributed by atoms with Crippen LogP contribution in [-0.2, 0) is 0 Å². The minimum atomic E-state index is 0.109. The van der Waals surface area contributed by atoms with E-state index in [0.717, 1.165) is 5.70 Å². The summed E-state index contributed by atoms with van der Waals surface area (Å²) in [4.78, 5) is 3.97. The predicted octanol–water partition coefficient (Wildman–Crippen LogP) is 1.83. The molecule has 2 rings (SSSR count). The van der Waals surface area contributed by atoms with Crippen LogP contribution >= 0.6 is 12.1 Å². The van der Waals surface area contributed by atoms with Gasteiger partial charge in [-0.3, -0.25) is 4.31 Å². The number of rotatable bonds is 0. The maximum absolute atomic E-state index is 4.12. The lowest BCUT2D eigenvalue weighted by molar-refractivity contribution is 0.351. The van der Waals surface area contributed by atoms with Crippen LogP contribution in [0.25, 0.3) is 0 Å². The topological polar surface area (TPSA) is 31.2 Å². The van der Waals surface area contributed by atoms with E-state index in [9.17, 15) is 0 Å². The summed E-state index contributed by atoms with van der Waals surface area (Å²) >= 11 is 1.59. The summed E-state index contributed by atoms with van der Waals surface area (Å²) in [5, 5.41) is 4.12. The van der Waals surface area contributed by atoms with Gasteiger partial charge in [-0.1, -0.05) is 0 Å². The van der Waals surface area contributed by atoms with Crippen LogP contribution in [-0.4, -0.2) is 26.8 Å². The molecule has 0 aromatic carbocycles. The molecule has 0 radical (unpaired) electrons. The highest BCUT2D eigenvalue weighted by Crippen LogP contribution is 2.36. The van der Waals surface area contributed by atoms with Crippen LogP contribution in [0.15, 0.2) is 22.0 Å². The second-order valence-electron chi connectivity index (χ2n) is 3.91. The molecule has 4 nitrogen and oxygen atoms in total. The first-order valence-corrected chi connectivity index (χ1v) is 4.85. The van der Waals surface area contributed by atoms with Gasteiger partial charge in [-0.05, 0) is 20.8 Å². The molecule has 0 saturated carbocycles. The van der Waals surface area contributed by atoms with Crippen LogP contribution in [0.2, 0.25) is 0 Å². The van der Waals surface area contributed by atoms with E-state index in [1.54, 1.807) is 18.5 Å². The third-order valence-electron chi connectivity index (χ3n) is 1.73. The van der Waals surface area contributed by atoms with E-state index in [1.165, 1.54) is 0 Å². The van der Waals surface area contributed by atoms with Crippen LogP contribution in [0.3, 0.4) is 0 Å². The van der Waals surface area contributed by atoms with E-state index in [2.05, 4.69) is 41.4 Å². The highest BCUT2D eigenvalue weighted by atomic mass is 32.2. The lowest BCUT2D eigenvalue weighted by atomic mass is 10.1. The Morgan fingerprint density at radius 1 is 1.38 bits per heavy atom. The van der Waals surface area contributed by atoms with Crippen molar-refractivity contribution in [3.63, 3.8) is 0 Å². The smallest absolute Gasteiger partial charge is 0.137 e. The number of aliphatic imine (C=N–C) groups is 1. The molecule has 13 heavy (non-hydrogen) atoms. The molecule has 2 aliphatic heterocycles. The molecule has 0 bridgehead atoms. The van der Waals surface area contributed by atoms with Gasteiger partial charge in [0, 0.05) is 11.7 Å². The highest BCUT2D eigenvalue weighted by molar-refractivity contribution is 7.95. The molecule has 0 amide bonds. The standard InChI is InChI=1S/C8H12N4S/c1-8(2,3)11-5-7-4-9-6-10-12(7)13-11/h4-6H,1-3H3. The summed E-state index contributed by atoms with van der Waals surface area (Å²) in [5.41, 5.74) is 1.14. The largest absolute Gasteiger partial charge is 0.297 e. The summed E-state index contributed by atoms with van der Waals surface area (Å²) in [6.45, 7) is 6.49. The fraction of sp³-hybridized carbons (Fsp3) is 0.500. The van der Waals surface area contributed by atoms with Gasteiger partial charge in [-0.2, -0.15) is 4.41 Å². The summed E-state index contributed by atoms with van der Waals surface area (Å²) in [7, 11) is 0. The van der Waals surface area contributed by atoms with Crippen molar-refractivity contribution in [3.8, 4) is 0 Å². The maximum Gasteiger partial charge on any atom is 0.137 e. The fourth-order valence-corrected chi connectivity index (χ4v) is 1.84.